The van der Waals surface area contributed by atoms with E-state index in [1.54, 1.807) is 0 Å². The molecule has 2 aromatic rings. The highest BCUT2D eigenvalue weighted by Crippen LogP contribution is 2.45. The van der Waals surface area contributed by atoms with Gasteiger partial charge >= 0.3 is 0 Å². The van der Waals surface area contributed by atoms with Crippen LogP contribution >= 0.6 is 0 Å². The number of benzene rings is 1. The van der Waals surface area contributed by atoms with E-state index in [0.29, 0.717) is 34.4 Å². The van der Waals surface area contributed by atoms with Crippen molar-refractivity contribution in [1.29, 1.82) is 0 Å². The van der Waals surface area contributed by atoms with E-state index in [9.17, 15) is 13.0 Å². The summed E-state index contributed by atoms with van der Waals surface area (Å²) < 4.78 is 46.4. The zero-order chi connectivity index (χ0) is 20.2. The smallest absolute Gasteiger partial charge is 0.290 e. The first-order valence-corrected chi connectivity index (χ1v) is 12.1. The highest BCUT2D eigenvalue weighted by molar-refractivity contribution is 7.93. The van der Waals surface area contributed by atoms with Crippen LogP contribution in [0.1, 0.15) is 43.9 Å². The van der Waals surface area contributed by atoms with Crippen molar-refractivity contribution < 1.29 is 13.0 Å². The van der Waals surface area contributed by atoms with E-state index < -0.39 is 15.7 Å². The normalized spacial score (nSPS) is 24.2. The van der Waals surface area contributed by atoms with Crippen LogP contribution in [0.15, 0.2) is 28.6 Å². The molecule has 2 fully saturated rings. The lowest BCUT2D eigenvalue weighted by atomic mass is 10.0. The molecule has 1 atom stereocenters. The van der Waals surface area contributed by atoms with Gasteiger partial charge in [0.1, 0.15) is 5.69 Å². The van der Waals surface area contributed by atoms with E-state index in [1.165, 1.54) is 0 Å². The number of rotatable bonds is 3. The summed E-state index contributed by atoms with van der Waals surface area (Å²) in [6, 6.07) is 7.60. The van der Waals surface area contributed by atoms with E-state index in [0.717, 1.165) is 31.4 Å². The molecule has 5 nitrogen and oxygen atoms in total. The maximum atomic E-state index is 14.5. The minimum absolute atomic E-state index is 0.138. The molecule has 3 heterocycles. The summed E-state index contributed by atoms with van der Waals surface area (Å²) in [5, 5.41) is 0. The van der Waals surface area contributed by atoms with Crippen LogP contribution in [0.5, 0.6) is 0 Å². The fourth-order valence-corrected chi connectivity index (χ4v) is 6.54. The molecule has 1 aromatic carbocycles. The van der Waals surface area contributed by atoms with Gasteiger partial charge in [-0.15, -0.1) is 0 Å². The summed E-state index contributed by atoms with van der Waals surface area (Å²) in [6.07, 6.45) is 2.91. The Morgan fingerprint density at radius 3 is 2.72 bits per heavy atom. The lowest BCUT2D eigenvalue weighted by molar-refractivity contribution is -0.00595. The van der Waals surface area contributed by atoms with Crippen molar-refractivity contribution in [3.8, 4) is 11.3 Å². The highest BCUT2D eigenvalue weighted by atomic mass is 32.2. The third kappa shape index (κ3) is 3.31. The Balaban J connectivity index is 1.63. The predicted molar refractivity (Wildman–Crippen MR) is 110 cm³/mol. The number of anilines is 1. The number of hydrogen-bond donors (Lipinski definition) is 0. The van der Waals surface area contributed by atoms with Gasteiger partial charge in [0.05, 0.1) is 21.1 Å². The first-order valence-electron chi connectivity index (χ1n) is 10.2. The molecule has 29 heavy (non-hydrogen) atoms. The largest absolute Gasteiger partial charge is 0.338 e. The van der Waals surface area contributed by atoms with Crippen molar-refractivity contribution in [2.75, 3.05) is 23.0 Å². The molecular weight excluding hydrogens is 394 g/mol. The topological polar surface area (TPSA) is 58.5 Å². The zero-order valence-corrected chi connectivity index (χ0v) is 17.2. The molecule has 0 unspecified atom stereocenters. The number of halogens is 2. The minimum Gasteiger partial charge on any atom is -0.338 e. The molecule has 2 saturated heterocycles. The zero-order valence-electron chi connectivity index (χ0n) is 16.4. The van der Waals surface area contributed by atoms with Crippen LogP contribution in [-0.2, 0) is 22.1 Å². The standard InChI is InChI=1S/C21H24F2N4OS/c1-14-8-10-27(14)20-24-18(17-7-9-21(22,23)19(17)25-20)15-5-4-6-16(13-15)26-29(28)11-2-3-12-29/h4-6,13-14H,2-3,7-12H2,1H3/t14-/m0/s1. The Bertz CT molecular complexity index is 1080. The monoisotopic (exact) mass is 418 g/mol. The number of alkyl halides is 2. The lowest BCUT2D eigenvalue weighted by Crippen LogP contribution is -2.47. The molecule has 0 N–H and O–H groups in total. The average Bonchev–Trinajstić information content (AvgIpc) is 3.23. The number of fused-ring (bicyclic) bond motifs is 1. The van der Waals surface area contributed by atoms with Crippen LogP contribution in [0, 0.1) is 0 Å². The summed E-state index contributed by atoms with van der Waals surface area (Å²) in [5.41, 5.74) is 2.30. The molecule has 3 aliphatic rings. The van der Waals surface area contributed by atoms with Crippen molar-refractivity contribution in [2.24, 2.45) is 4.36 Å². The molecule has 0 amide bonds. The lowest BCUT2D eigenvalue weighted by Gasteiger charge is -2.39. The second-order valence-electron chi connectivity index (χ2n) is 8.26. The van der Waals surface area contributed by atoms with Gasteiger partial charge < -0.3 is 4.90 Å². The minimum atomic E-state index is -2.93. The first kappa shape index (κ1) is 18.9. The maximum Gasteiger partial charge on any atom is 0.290 e. The number of hydrogen-bond acceptors (Lipinski definition) is 5. The van der Waals surface area contributed by atoms with E-state index in [-0.39, 0.29) is 24.6 Å². The van der Waals surface area contributed by atoms with Crippen LogP contribution in [0.4, 0.5) is 20.4 Å². The van der Waals surface area contributed by atoms with Gasteiger partial charge in [0.25, 0.3) is 5.92 Å². The number of aromatic nitrogens is 2. The van der Waals surface area contributed by atoms with E-state index in [1.807, 2.05) is 29.2 Å². The fourth-order valence-electron chi connectivity index (χ4n) is 4.34. The first-order chi connectivity index (χ1) is 13.8. The summed E-state index contributed by atoms with van der Waals surface area (Å²) in [7, 11) is -2.20. The Hall–Kier alpha value is -2.09. The van der Waals surface area contributed by atoms with Crippen molar-refractivity contribution in [2.45, 2.75) is 51.0 Å². The summed E-state index contributed by atoms with van der Waals surface area (Å²) in [6.45, 7) is 2.83. The van der Waals surface area contributed by atoms with Gasteiger partial charge in [-0.25, -0.2) is 14.2 Å². The Kier molecular flexibility index (Phi) is 4.38. The van der Waals surface area contributed by atoms with Crippen LogP contribution in [0.25, 0.3) is 11.3 Å². The molecule has 8 heteroatoms. The second kappa shape index (κ2) is 6.72. The third-order valence-electron chi connectivity index (χ3n) is 6.18. The Labute approximate surface area is 169 Å². The van der Waals surface area contributed by atoms with Gasteiger partial charge in [-0.3, -0.25) is 0 Å². The van der Waals surface area contributed by atoms with Crippen molar-refractivity contribution >= 4 is 21.4 Å². The molecule has 0 bridgehead atoms. The van der Waals surface area contributed by atoms with E-state index >= 15 is 0 Å². The third-order valence-corrected chi connectivity index (χ3v) is 8.57. The molecule has 1 aromatic heterocycles. The van der Waals surface area contributed by atoms with Gasteiger partial charge in [-0.1, -0.05) is 12.1 Å². The number of nitrogens with zero attached hydrogens (tertiary/aromatic N) is 4. The Morgan fingerprint density at radius 1 is 1.24 bits per heavy atom. The van der Waals surface area contributed by atoms with Crippen molar-refractivity contribution in [3.63, 3.8) is 0 Å². The molecule has 0 radical (unpaired) electrons. The summed E-state index contributed by atoms with van der Waals surface area (Å²) in [4.78, 5) is 11.0. The summed E-state index contributed by atoms with van der Waals surface area (Å²) >= 11 is 0. The molecule has 1 aliphatic carbocycles. The summed E-state index contributed by atoms with van der Waals surface area (Å²) in [5.74, 6) is -1.29. The van der Waals surface area contributed by atoms with Gasteiger partial charge in [0, 0.05) is 41.6 Å². The van der Waals surface area contributed by atoms with Crippen LogP contribution in [0.3, 0.4) is 0 Å². The van der Waals surface area contributed by atoms with Crippen LogP contribution in [0.2, 0.25) is 0 Å². The molecular formula is C21H24F2N4OS. The van der Waals surface area contributed by atoms with E-state index in [2.05, 4.69) is 16.3 Å². The predicted octanol–water partition coefficient (Wildman–Crippen LogP) is 4.67. The molecule has 2 aliphatic heterocycles. The van der Waals surface area contributed by atoms with Gasteiger partial charge in [0.2, 0.25) is 5.95 Å². The van der Waals surface area contributed by atoms with Gasteiger partial charge in [-0.2, -0.15) is 13.1 Å². The maximum absolute atomic E-state index is 14.5. The molecule has 5 rings (SSSR count). The Morgan fingerprint density at radius 2 is 2.03 bits per heavy atom. The van der Waals surface area contributed by atoms with Gasteiger partial charge in [0.15, 0.2) is 0 Å². The quantitative estimate of drug-likeness (QED) is 0.727. The average molecular weight is 419 g/mol. The van der Waals surface area contributed by atoms with Gasteiger partial charge in [-0.05, 0) is 44.7 Å². The second-order valence-corrected chi connectivity index (χ2v) is 10.8. The van der Waals surface area contributed by atoms with E-state index in [4.69, 9.17) is 4.98 Å². The van der Waals surface area contributed by atoms with Crippen molar-refractivity contribution in [1.82, 2.24) is 9.97 Å². The molecule has 0 spiro atoms. The van der Waals surface area contributed by atoms with Crippen LogP contribution in [-0.4, -0.2) is 38.3 Å². The molecule has 0 saturated carbocycles. The SMILES string of the molecule is C[C@H]1CCN1c1nc(-c2cccc(N=S3(=O)CCCC3)c2)c2c(n1)C(F)(F)CC2. The van der Waals surface area contributed by atoms with Crippen molar-refractivity contribution in [3.05, 3.63) is 35.5 Å². The van der Waals surface area contributed by atoms with Crippen LogP contribution < -0.4 is 4.90 Å². The molecule has 154 valence electrons. The highest BCUT2D eigenvalue weighted by Gasteiger charge is 2.44. The fraction of sp³-hybridized carbons (Fsp3) is 0.524.